The topological polar surface area (TPSA) is 58.6 Å². The van der Waals surface area contributed by atoms with Gasteiger partial charge in [0, 0.05) is 12.5 Å². The fourth-order valence-corrected chi connectivity index (χ4v) is 2.62. The Labute approximate surface area is 120 Å². The fraction of sp³-hybridized carbons (Fsp3) is 0.562. The van der Waals surface area contributed by atoms with E-state index in [-0.39, 0.29) is 17.8 Å². The molecule has 0 fully saturated rings. The highest BCUT2D eigenvalue weighted by Crippen LogP contribution is 2.33. The smallest absolute Gasteiger partial charge is 0.407 e. The van der Waals surface area contributed by atoms with Crippen LogP contribution in [0.25, 0.3) is 0 Å². The molecule has 1 aliphatic carbocycles. The molecule has 0 saturated carbocycles. The number of aromatic hydroxyl groups is 1. The lowest BCUT2D eigenvalue weighted by atomic mass is 9.82. The Bertz CT molecular complexity index is 491. The number of aryl methyl sites for hydroxylation is 1. The average molecular weight is 277 g/mol. The number of alkyl carbamates (subject to hydrolysis) is 1. The highest BCUT2D eigenvalue weighted by Gasteiger charge is 2.22. The van der Waals surface area contributed by atoms with E-state index in [0.29, 0.717) is 6.54 Å². The third-order valence-corrected chi connectivity index (χ3v) is 3.46. The second-order valence-electron chi connectivity index (χ2n) is 6.36. The molecule has 0 radical (unpaired) electrons. The molecule has 2 rings (SSSR count). The summed E-state index contributed by atoms with van der Waals surface area (Å²) in [6.07, 6.45) is 2.79. The van der Waals surface area contributed by atoms with Crippen LogP contribution >= 0.6 is 0 Å². The molecule has 20 heavy (non-hydrogen) atoms. The second kappa shape index (κ2) is 5.73. The number of hydrogen-bond acceptors (Lipinski definition) is 3. The highest BCUT2D eigenvalue weighted by atomic mass is 16.6. The maximum atomic E-state index is 11.7. The van der Waals surface area contributed by atoms with E-state index in [0.717, 1.165) is 24.8 Å². The van der Waals surface area contributed by atoms with E-state index >= 15 is 0 Å². The molecule has 4 nitrogen and oxygen atoms in total. The fourth-order valence-electron chi connectivity index (χ4n) is 2.62. The summed E-state index contributed by atoms with van der Waals surface area (Å²) in [5.41, 5.74) is 1.93. The van der Waals surface area contributed by atoms with Crippen LogP contribution in [0.3, 0.4) is 0 Å². The summed E-state index contributed by atoms with van der Waals surface area (Å²) in [4.78, 5) is 11.7. The van der Waals surface area contributed by atoms with Crippen LogP contribution in [0, 0.1) is 0 Å². The number of phenolic OH excluding ortho intramolecular Hbond substituents is 1. The Morgan fingerprint density at radius 3 is 2.90 bits per heavy atom. The van der Waals surface area contributed by atoms with Gasteiger partial charge in [-0.3, -0.25) is 0 Å². The van der Waals surface area contributed by atoms with Gasteiger partial charge in [-0.25, -0.2) is 4.79 Å². The number of phenols is 1. The summed E-state index contributed by atoms with van der Waals surface area (Å²) < 4.78 is 5.24. The molecule has 0 bridgehead atoms. The molecule has 1 atom stereocenters. The zero-order chi connectivity index (χ0) is 14.8. The van der Waals surface area contributed by atoms with Gasteiger partial charge in [0.25, 0.3) is 0 Å². The molecule has 0 aromatic heterocycles. The minimum atomic E-state index is -0.479. The minimum Gasteiger partial charge on any atom is -0.508 e. The molecule has 0 aliphatic heterocycles. The van der Waals surface area contributed by atoms with Crippen LogP contribution in [0.4, 0.5) is 4.79 Å². The van der Waals surface area contributed by atoms with Crippen molar-refractivity contribution in [1.29, 1.82) is 0 Å². The van der Waals surface area contributed by atoms with Gasteiger partial charge in [-0.05, 0) is 63.3 Å². The summed E-state index contributed by atoms with van der Waals surface area (Å²) in [6.45, 7) is 6.09. The molecule has 1 unspecified atom stereocenters. The summed E-state index contributed by atoms with van der Waals surface area (Å²) in [5, 5.41) is 12.5. The van der Waals surface area contributed by atoms with Gasteiger partial charge in [0.05, 0.1) is 0 Å². The maximum absolute atomic E-state index is 11.7. The molecule has 1 aliphatic rings. The van der Waals surface area contributed by atoms with Crippen molar-refractivity contribution in [1.82, 2.24) is 5.32 Å². The lowest BCUT2D eigenvalue weighted by Crippen LogP contribution is -2.35. The number of benzene rings is 1. The summed E-state index contributed by atoms with van der Waals surface area (Å²) >= 11 is 0. The molecule has 4 heteroatoms. The zero-order valence-corrected chi connectivity index (χ0v) is 12.4. The van der Waals surface area contributed by atoms with Crippen molar-refractivity contribution in [2.24, 2.45) is 0 Å². The monoisotopic (exact) mass is 277 g/mol. The lowest BCUT2D eigenvalue weighted by molar-refractivity contribution is 0.0523. The first kappa shape index (κ1) is 14.7. The van der Waals surface area contributed by atoms with Crippen LogP contribution < -0.4 is 5.32 Å². The van der Waals surface area contributed by atoms with Gasteiger partial charge in [0.1, 0.15) is 11.4 Å². The standard InChI is InChI=1S/C16H23NO3/c1-16(2,3)20-15(19)17-10-12-6-4-5-11-7-8-13(18)9-14(11)12/h7-9,12,18H,4-6,10H2,1-3H3,(H,17,19). The quantitative estimate of drug-likeness (QED) is 0.871. The molecule has 1 aromatic rings. The van der Waals surface area contributed by atoms with E-state index in [1.54, 1.807) is 6.07 Å². The Morgan fingerprint density at radius 1 is 1.45 bits per heavy atom. The highest BCUT2D eigenvalue weighted by molar-refractivity contribution is 5.67. The van der Waals surface area contributed by atoms with Gasteiger partial charge in [-0.2, -0.15) is 0 Å². The van der Waals surface area contributed by atoms with Crippen molar-refractivity contribution in [3.05, 3.63) is 29.3 Å². The van der Waals surface area contributed by atoms with Crippen molar-refractivity contribution in [3.63, 3.8) is 0 Å². The third-order valence-electron chi connectivity index (χ3n) is 3.46. The molecule has 0 spiro atoms. The van der Waals surface area contributed by atoms with E-state index in [9.17, 15) is 9.90 Å². The zero-order valence-electron chi connectivity index (χ0n) is 12.4. The summed E-state index contributed by atoms with van der Waals surface area (Å²) in [5.74, 6) is 0.534. The SMILES string of the molecule is CC(C)(C)OC(=O)NCC1CCCc2ccc(O)cc21. The van der Waals surface area contributed by atoms with E-state index in [2.05, 4.69) is 5.32 Å². The number of hydrogen-bond donors (Lipinski definition) is 2. The number of carbonyl (C=O) groups is 1. The molecular weight excluding hydrogens is 254 g/mol. The van der Waals surface area contributed by atoms with Gasteiger partial charge in [-0.1, -0.05) is 6.07 Å². The number of carbonyl (C=O) groups excluding carboxylic acids is 1. The van der Waals surface area contributed by atoms with Gasteiger partial charge >= 0.3 is 6.09 Å². The number of ether oxygens (including phenoxy) is 1. The molecule has 1 amide bonds. The number of rotatable bonds is 2. The maximum Gasteiger partial charge on any atom is 0.407 e. The summed E-state index contributed by atoms with van der Waals surface area (Å²) in [7, 11) is 0. The van der Waals surface area contributed by atoms with Crippen LogP contribution in [0.5, 0.6) is 5.75 Å². The van der Waals surface area contributed by atoms with Crippen LogP contribution in [0.15, 0.2) is 18.2 Å². The number of fused-ring (bicyclic) bond motifs is 1. The normalized spacial score (nSPS) is 18.2. The van der Waals surface area contributed by atoms with Gasteiger partial charge < -0.3 is 15.2 Å². The molecule has 0 heterocycles. The Morgan fingerprint density at radius 2 is 2.20 bits per heavy atom. The number of amides is 1. The largest absolute Gasteiger partial charge is 0.508 e. The first-order valence-electron chi connectivity index (χ1n) is 7.14. The van der Waals surface area contributed by atoms with E-state index < -0.39 is 5.60 Å². The molecular formula is C16H23NO3. The first-order valence-corrected chi connectivity index (χ1v) is 7.14. The average Bonchev–Trinajstić information content (AvgIpc) is 2.34. The Kier molecular flexibility index (Phi) is 4.21. The second-order valence-corrected chi connectivity index (χ2v) is 6.36. The van der Waals surface area contributed by atoms with Crippen molar-refractivity contribution < 1.29 is 14.6 Å². The molecule has 0 saturated heterocycles. The lowest BCUT2D eigenvalue weighted by Gasteiger charge is -2.26. The molecule has 2 N–H and O–H groups in total. The van der Waals surface area contributed by atoms with Crippen molar-refractivity contribution >= 4 is 6.09 Å². The van der Waals surface area contributed by atoms with Gasteiger partial charge in [0.2, 0.25) is 0 Å². The predicted molar refractivity (Wildman–Crippen MR) is 78.0 cm³/mol. The van der Waals surface area contributed by atoms with Crippen LogP contribution in [-0.4, -0.2) is 23.3 Å². The predicted octanol–water partition coefficient (Wildman–Crippen LogP) is 3.34. The van der Waals surface area contributed by atoms with Crippen LogP contribution in [0.1, 0.15) is 50.7 Å². The van der Waals surface area contributed by atoms with Gasteiger partial charge in [0.15, 0.2) is 0 Å². The molecule has 1 aromatic carbocycles. The first-order chi connectivity index (χ1) is 9.35. The van der Waals surface area contributed by atoms with Crippen molar-refractivity contribution in [2.45, 2.75) is 51.6 Å². The minimum absolute atomic E-state index is 0.248. The summed E-state index contributed by atoms with van der Waals surface area (Å²) in [6, 6.07) is 5.52. The van der Waals surface area contributed by atoms with Crippen molar-refractivity contribution in [2.75, 3.05) is 6.54 Å². The Balaban J connectivity index is 1.98. The van der Waals surface area contributed by atoms with Crippen LogP contribution in [0.2, 0.25) is 0 Å². The molecule has 110 valence electrons. The van der Waals surface area contributed by atoms with E-state index in [1.165, 1.54) is 5.56 Å². The van der Waals surface area contributed by atoms with Crippen molar-refractivity contribution in [3.8, 4) is 5.75 Å². The Hall–Kier alpha value is -1.71. The third kappa shape index (κ3) is 3.89. The van der Waals surface area contributed by atoms with E-state index in [1.807, 2.05) is 32.9 Å². The number of nitrogens with one attached hydrogen (secondary N) is 1. The van der Waals surface area contributed by atoms with Crippen LogP contribution in [-0.2, 0) is 11.2 Å². The van der Waals surface area contributed by atoms with Gasteiger partial charge in [-0.15, -0.1) is 0 Å². The van der Waals surface area contributed by atoms with E-state index in [4.69, 9.17) is 4.74 Å².